The Morgan fingerprint density at radius 2 is 2.16 bits per heavy atom. The van der Waals surface area contributed by atoms with Crippen LogP contribution < -0.4 is 5.56 Å². The van der Waals surface area contributed by atoms with E-state index < -0.39 is 5.56 Å². The average Bonchev–Trinajstić information content (AvgIpc) is 3.25. The van der Waals surface area contributed by atoms with Gasteiger partial charge in [0.15, 0.2) is 0 Å². The van der Waals surface area contributed by atoms with Crippen LogP contribution >= 0.6 is 22.9 Å². The molecule has 0 fully saturated rings. The van der Waals surface area contributed by atoms with Gasteiger partial charge >= 0.3 is 0 Å². The van der Waals surface area contributed by atoms with E-state index in [1.165, 1.54) is 23.7 Å². The third kappa shape index (κ3) is 3.92. The van der Waals surface area contributed by atoms with Crippen molar-refractivity contribution in [2.45, 2.75) is 6.54 Å². The minimum absolute atomic E-state index is 0.0693. The summed E-state index contributed by atoms with van der Waals surface area (Å²) in [6.45, 7) is 4.37. The first-order valence-electron chi connectivity index (χ1n) is 7.50. The lowest BCUT2D eigenvalue weighted by atomic mass is 10.2. The zero-order valence-corrected chi connectivity index (χ0v) is 14.8. The molecule has 0 atom stereocenters. The van der Waals surface area contributed by atoms with Crippen molar-refractivity contribution in [3.63, 3.8) is 0 Å². The lowest BCUT2D eigenvalue weighted by Gasteiger charge is -2.20. The quantitative estimate of drug-likeness (QED) is 0.658. The molecule has 7 heteroatoms. The molecule has 0 radical (unpaired) electrons. The molecule has 0 saturated heterocycles. The molecule has 5 nitrogen and oxygen atoms in total. The van der Waals surface area contributed by atoms with Gasteiger partial charge in [-0.2, -0.15) is 0 Å². The minimum Gasteiger partial charge on any atom is -0.463 e. The summed E-state index contributed by atoms with van der Waals surface area (Å²) in [5.74, 6) is 0.170. The normalized spacial score (nSPS) is 10.6. The van der Waals surface area contributed by atoms with Gasteiger partial charge in [-0.3, -0.25) is 9.59 Å². The zero-order valence-electron chi connectivity index (χ0n) is 13.2. The molecule has 3 rings (SSSR count). The Morgan fingerprint density at radius 1 is 1.32 bits per heavy atom. The second-order valence-electron chi connectivity index (χ2n) is 5.27. The van der Waals surface area contributed by atoms with E-state index in [-0.39, 0.29) is 11.5 Å². The number of carbonyl (C=O) groups is 1. The Labute approximate surface area is 153 Å². The lowest BCUT2D eigenvalue weighted by Crippen LogP contribution is -2.34. The number of carbonyl (C=O) groups excluding carboxylic acids is 1. The van der Waals surface area contributed by atoms with Crippen LogP contribution in [0.3, 0.4) is 0 Å². The van der Waals surface area contributed by atoms with E-state index in [1.54, 1.807) is 35.2 Å². The molecule has 0 aliphatic rings. The molecule has 1 N–H and O–H groups in total. The highest BCUT2D eigenvalue weighted by Gasteiger charge is 2.19. The van der Waals surface area contributed by atoms with Crippen molar-refractivity contribution in [2.75, 3.05) is 6.54 Å². The first kappa shape index (κ1) is 17.3. The molecule has 3 aromatic rings. The minimum atomic E-state index is -0.461. The molecule has 0 aromatic carbocycles. The second kappa shape index (κ2) is 7.55. The second-order valence-corrected chi connectivity index (χ2v) is 7.07. The number of amides is 1. The van der Waals surface area contributed by atoms with Gasteiger partial charge in [-0.15, -0.1) is 17.9 Å². The molecule has 0 saturated carbocycles. The topological polar surface area (TPSA) is 66.3 Å². The summed E-state index contributed by atoms with van der Waals surface area (Å²) in [5.41, 5.74) is 0.129. The molecule has 3 heterocycles. The van der Waals surface area contributed by atoms with E-state index in [0.29, 0.717) is 28.9 Å². The van der Waals surface area contributed by atoms with Crippen molar-refractivity contribution in [3.05, 3.63) is 80.4 Å². The van der Waals surface area contributed by atoms with Crippen LogP contribution in [0.15, 0.2) is 64.5 Å². The molecular weight excluding hydrogens is 360 g/mol. The fourth-order valence-corrected chi connectivity index (χ4v) is 3.49. The van der Waals surface area contributed by atoms with Gasteiger partial charge in [0.25, 0.3) is 11.5 Å². The molecule has 3 aromatic heterocycles. The van der Waals surface area contributed by atoms with Gasteiger partial charge in [-0.1, -0.05) is 17.7 Å². The first-order valence-corrected chi connectivity index (χ1v) is 8.69. The van der Waals surface area contributed by atoms with Crippen molar-refractivity contribution < 1.29 is 9.21 Å². The molecule has 0 spiro atoms. The number of thiophene rings is 1. The Morgan fingerprint density at radius 3 is 2.76 bits per heavy atom. The van der Waals surface area contributed by atoms with Gasteiger partial charge in [0.2, 0.25) is 0 Å². The van der Waals surface area contributed by atoms with E-state index in [0.717, 1.165) is 4.88 Å². The van der Waals surface area contributed by atoms with E-state index in [4.69, 9.17) is 16.0 Å². The molecular formula is C18H15ClN2O3S. The van der Waals surface area contributed by atoms with Crippen LogP contribution in [0.5, 0.6) is 0 Å². The van der Waals surface area contributed by atoms with E-state index >= 15 is 0 Å². The van der Waals surface area contributed by atoms with Gasteiger partial charge in [-0.25, -0.2) is 0 Å². The molecule has 0 aliphatic carbocycles. The van der Waals surface area contributed by atoms with Gasteiger partial charge < -0.3 is 14.3 Å². The monoisotopic (exact) mass is 374 g/mol. The number of aromatic nitrogens is 1. The fourth-order valence-electron chi connectivity index (χ4n) is 2.39. The molecule has 128 valence electrons. The van der Waals surface area contributed by atoms with Crippen LogP contribution in [0.1, 0.15) is 15.2 Å². The maximum atomic E-state index is 12.8. The average molecular weight is 375 g/mol. The van der Waals surface area contributed by atoms with Gasteiger partial charge in [-0.05, 0) is 36.4 Å². The number of pyridine rings is 1. The Kier molecular flexibility index (Phi) is 5.21. The predicted octanol–water partition coefficient (Wildman–Crippen LogP) is 4.18. The zero-order chi connectivity index (χ0) is 17.8. The third-order valence-electron chi connectivity index (χ3n) is 3.54. The summed E-state index contributed by atoms with van der Waals surface area (Å²) in [6.07, 6.45) is 3.14. The third-order valence-corrected chi connectivity index (χ3v) is 4.75. The maximum Gasteiger partial charge on any atom is 0.261 e. The lowest BCUT2D eigenvalue weighted by molar-refractivity contribution is 0.0762. The van der Waals surface area contributed by atoms with Crippen molar-refractivity contribution in [1.29, 1.82) is 0 Å². The largest absolute Gasteiger partial charge is 0.463 e. The number of nitrogens with one attached hydrogen (secondary N) is 1. The van der Waals surface area contributed by atoms with Crippen LogP contribution in [-0.2, 0) is 6.54 Å². The summed E-state index contributed by atoms with van der Waals surface area (Å²) in [4.78, 5) is 30.3. The highest BCUT2D eigenvalue weighted by Crippen LogP contribution is 2.23. The Hall–Kier alpha value is -2.57. The van der Waals surface area contributed by atoms with Crippen molar-refractivity contribution in [3.8, 4) is 11.5 Å². The van der Waals surface area contributed by atoms with Crippen LogP contribution in [0.4, 0.5) is 0 Å². The molecule has 0 aliphatic heterocycles. The number of aromatic amines is 1. The van der Waals surface area contributed by atoms with E-state index in [1.807, 2.05) is 6.07 Å². The van der Waals surface area contributed by atoms with Gasteiger partial charge in [0, 0.05) is 11.4 Å². The number of H-pyrrole nitrogens is 1. The van der Waals surface area contributed by atoms with Crippen molar-refractivity contribution in [1.82, 2.24) is 9.88 Å². The van der Waals surface area contributed by atoms with E-state index in [9.17, 15) is 9.59 Å². The van der Waals surface area contributed by atoms with Gasteiger partial charge in [0.05, 0.1) is 22.8 Å². The van der Waals surface area contributed by atoms with Crippen LogP contribution in [-0.4, -0.2) is 22.3 Å². The maximum absolute atomic E-state index is 12.8. The van der Waals surface area contributed by atoms with Crippen LogP contribution in [0.25, 0.3) is 11.5 Å². The molecule has 0 bridgehead atoms. The van der Waals surface area contributed by atoms with Crippen molar-refractivity contribution >= 4 is 28.8 Å². The number of rotatable bonds is 6. The number of hydrogen-bond acceptors (Lipinski definition) is 4. The molecule has 1 amide bonds. The molecule has 25 heavy (non-hydrogen) atoms. The standard InChI is InChI=1S/C18H15ClN2O3S/c1-2-9-21(11-12-5-8-16(19)25-12)18(23)13-6-7-14(20-17(13)22)15-4-3-10-24-15/h2-8,10H,1,9,11H2,(H,20,22). The number of halogens is 1. The van der Waals surface area contributed by atoms with Crippen LogP contribution in [0.2, 0.25) is 4.34 Å². The fraction of sp³-hybridized carbons (Fsp3) is 0.111. The predicted molar refractivity (Wildman–Crippen MR) is 99.0 cm³/mol. The van der Waals surface area contributed by atoms with Crippen LogP contribution in [0, 0.1) is 0 Å². The molecule has 0 unspecified atom stereocenters. The summed E-state index contributed by atoms with van der Waals surface area (Å²) in [5, 5.41) is 0. The smallest absolute Gasteiger partial charge is 0.261 e. The highest BCUT2D eigenvalue weighted by atomic mass is 35.5. The summed E-state index contributed by atoms with van der Waals surface area (Å²) >= 11 is 7.34. The van der Waals surface area contributed by atoms with Crippen molar-refractivity contribution in [2.24, 2.45) is 0 Å². The summed E-state index contributed by atoms with van der Waals surface area (Å²) in [6, 6.07) is 10.3. The summed E-state index contributed by atoms with van der Waals surface area (Å²) in [7, 11) is 0. The highest BCUT2D eigenvalue weighted by molar-refractivity contribution is 7.16. The van der Waals surface area contributed by atoms with E-state index in [2.05, 4.69) is 11.6 Å². The first-order chi connectivity index (χ1) is 12.1. The number of hydrogen-bond donors (Lipinski definition) is 1. The van der Waals surface area contributed by atoms with Gasteiger partial charge in [0.1, 0.15) is 11.3 Å². The number of furan rings is 1. The Bertz CT molecular complexity index is 943. The summed E-state index contributed by atoms with van der Waals surface area (Å²) < 4.78 is 5.91. The SMILES string of the molecule is C=CCN(Cc1ccc(Cl)s1)C(=O)c1ccc(-c2ccco2)[nH]c1=O. The number of nitrogens with zero attached hydrogens (tertiary/aromatic N) is 1. The Balaban J connectivity index is 1.86.